The van der Waals surface area contributed by atoms with Crippen molar-refractivity contribution in [1.29, 1.82) is 0 Å². The summed E-state index contributed by atoms with van der Waals surface area (Å²) in [6.45, 7) is 3.48. The van der Waals surface area contributed by atoms with E-state index in [-0.39, 0.29) is 67.5 Å². The molecule has 48 heavy (non-hydrogen) atoms. The molecule has 0 aliphatic heterocycles. The second-order valence-corrected chi connectivity index (χ2v) is 9.99. The number of carbonyl (C=O) groups is 5. The molecule has 2 atom stereocenters. The highest BCUT2D eigenvalue weighted by molar-refractivity contribution is 5.93. The van der Waals surface area contributed by atoms with Crippen molar-refractivity contribution >= 4 is 42.2 Å². The first kappa shape index (κ1) is 39.0. The zero-order chi connectivity index (χ0) is 34.3. The third-order valence-corrected chi connectivity index (χ3v) is 6.68. The molecule has 1 amide bonds. The largest absolute Gasteiger partial charge is 0.497 e. The number of carbonyl (C=O) groups excluding carboxylic acids is 5. The maximum Gasteiger partial charge on any atom is 0.343 e. The zero-order valence-electron chi connectivity index (χ0n) is 27.0. The summed E-state index contributed by atoms with van der Waals surface area (Å²) in [5, 5.41) is 2.61. The summed E-state index contributed by atoms with van der Waals surface area (Å²) in [6.07, 6.45) is -0.227. The molecule has 14 heteroatoms. The summed E-state index contributed by atoms with van der Waals surface area (Å²) >= 11 is 0. The first-order valence-corrected chi connectivity index (χ1v) is 14.8. The van der Waals surface area contributed by atoms with Gasteiger partial charge in [-0.05, 0) is 86.5 Å². The van der Waals surface area contributed by atoms with Gasteiger partial charge in [-0.25, -0.2) is 14.4 Å². The summed E-state index contributed by atoms with van der Waals surface area (Å²) < 4.78 is 31.5. The van der Waals surface area contributed by atoms with Crippen molar-refractivity contribution in [3.8, 4) is 23.0 Å². The fourth-order valence-corrected chi connectivity index (χ4v) is 4.21. The number of ether oxygens (including phenoxy) is 6. The number of esters is 4. The van der Waals surface area contributed by atoms with Crippen LogP contribution in [-0.2, 0) is 30.3 Å². The predicted octanol–water partition coefficient (Wildman–Crippen LogP) is 3.83. The topological polar surface area (TPSA) is 179 Å². The molecule has 0 unspecified atom stereocenters. The van der Waals surface area contributed by atoms with Crippen molar-refractivity contribution in [2.24, 2.45) is 5.73 Å². The molecule has 0 aliphatic carbocycles. The molecule has 0 aliphatic rings. The van der Waals surface area contributed by atoms with Gasteiger partial charge in [0.25, 0.3) is 0 Å². The minimum Gasteiger partial charge on any atom is -0.497 e. The van der Waals surface area contributed by atoms with E-state index in [4.69, 9.17) is 34.2 Å². The van der Waals surface area contributed by atoms with Crippen LogP contribution in [0, 0.1) is 0 Å². The van der Waals surface area contributed by atoms with Crippen LogP contribution in [0.25, 0.3) is 0 Å². The summed E-state index contributed by atoms with van der Waals surface area (Å²) in [7, 11) is 2.99. The number of methoxy groups -OCH3 is 2. The zero-order valence-corrected chi connectivity index (χ0v) is 27.8. The van der Waals surface area contributed by atoms with Gasteiger partial charge in [-0.1, -0.05) is 6.07 Å². The molecular formula is C34H39ClN2O11. The summed E-state index contributed by atoms with van der Waals surface area (Å²) in [5.74, 6) is -2.45. The van der Waals surface area contributed by atoms with E-state index in [1.54, 1.807) is 44.2 Å². The van der Waals surface area contributed by atoms with E-state index in [1.807, 2.05) is 0 Å². The second-order valence-electron chi connectivity index (χ2n) is 9.99. The molecule has 3 aromatic carbocycles. The minimum atomic E-state index is -1.14. The maximum absolute atomic E-state index is 13.1. The number of benzene rings is 3. The number of halogens is 1. The lowest BCUT2D eigenvalue weighted by atomic mass is 10.0. The van der Waals surface area contributed by atoms with Crippen LogP contribution in [0.1, 0.15) is 53.0 Å². The Morgan fingerprint density at radius 3 is 1.71 bits per heavy atom. The highest BCUT2D eigenvalue weighted by Gasteiger charge is 2.25. The van der Waals surface area contributed by atoms with Crippen molar-refractivity contribution in [2.75, 3.05) is 27.4 Å². The Bertz CT molecular complexity index is 1550. The van der Waals surface area contributed by atoms with Gasteiger partial charge in [0.1, 0.15) is 23.6 Å². The Morgan fingerprint density at radius 2 is 1.21 bits per heavy atom. The lowest BCUT2D eigenvalue weighted by molar-refractivity contribution is -0.148. The van der Waals surface area contributed by atoms with Crippen LogP contribution in [0.2, 0.25) is 0 Å². The lowest BCUT2D eigenvalue weighted by Crippen LogP contribution is -2.44. The molecule has 0 heterocycles. The van der Waals surface area contributed by atoms with Crippen LogP contribution >= 0.6 is 12.4 Å². The van der Waals surface area contributed by atoms with Crippen LogP contribution < -0.4 is 30.0 Å². The van der Waals surface area contributed by atoms with E-state index in [1.165, 1.54) is 50.6 Å². The third-order valence-electron chi connectivity index (χ3n) is 6.68. The Balaban J connectivity index is 0.00000800. The number of hydrogen-bond acceptors (Lipinski definition) is 12. The number of nitrogens with two attached hydrogens (primary N) is 1. The van der Waals surface area contributed by atoms with Crippen LogP contribution in [0.15, 0.2) is 66.7 Å². The number of amides is 1. The highest BCUT2D eigenvalue weighted by atomic mass is 35.5. The normalized spacial score (nSPS) is 11.5. The van der Waals surface area contributed by atoms with Gasteiger partial charge < -0.3 is 39.5 Å². The first-order valence-electron chi connectivity index (χ1n) is 14.8. The monoisotopic (exact) mass is 686 g/mol. The molecule has 3 N–H and O–H groups in total. The molecule has 258 valence electrons. The summed E-state index contributed by atoms with van der Waals surface area (Å²) in [6, 6.07) is 14.7. The second kappa shape index (κ2) is 19.5. The fourth-order valence-electron chi connectivity index (χ4n) is 4.21. The van der Waals surface area contributed by atoms with Crippen molar-refractivity contribution < 1.29 is 52.4 Å². The van der Waals surface area contributed by atoms with E-state index in [9.17, 15) is 24.0 Å². The van der Waals surface area contributed by atoms with Crippen LogP contribution in [-0.4, -0.2) is 69.3 Å². The van der Waals surface area contributed by atoms with E-state index in [0.29, 0.717) is 17.1 Å². The molecule has 0 bridgehead atoms. The quantitative estimate of drug-likeness (QED) is 0.165. The first-order chi connectivity index (χ1) is 22.6. The van der Waals surface area contributed by atoms with Crippen LogP contribution in [0.5, 0.6) is 23.0 Å². The van der Waals surface area contributed by atoms with Gasteiger partial charge in [-0.3, -0.25) is 9.59 Å². The van der Waals surface area contributed by atoms with Gasteiger partial charge in [-0.15, -0.1) is 12.4 Å². The van der Waals surface area contributed by atoms with Crippen LogP contribution in [0.3, 0.4) is 0 Å². The van der Waals surface area contributed by atoms with Crippen molar-refractivity contribution in [3.05, 3.63) is 83.4 Å². The summed E-state index contributed by atoms with van der Waals surface area (Å²) in [4.78, 5) is 63.4. The maximum atomic E-state index is 13.1. The standard InChI is InChI=1S/C34H38N2O11.ClH/c1-5-44-33(40)26(35)16-18-30(37)36-27(34(41)45-6-2)19-21-7-17-28(46-31(38)22-8-12-24(42-3)13-9-22)29(20-21)47-32(39)23-10-14-25(43-4)15-11-23;/h7-15,17,20,26-27H,5-6,16,18-19,35H2,1-4H3,(H,36,37);1H/t26-,27-;/m0./s1. The highest BCUT2D eigenvalue weighted by Crippen LogP contribution is 2.31. The van der Waals surface area contributed by atoms with Crippen molar-refractivity contribution in [1.82, 2.24) is 5.32 Å². The smallest absolute Gasteiger partial charge is 0.343 e. The van der Waals surface area contributed by atoms with Gasteiger partial charge in [0, 0.05) is 12.8 Å². The van der Waals surface area contributed by atoms with E-state index in [2.05, 4.69) is 5.32 Å². The average Bonchev–Trinajstić information content (AvgIpc) is 3.08. The molecule has 0 saturated carbocycles. The van der Waals surface area contributed by atoms with Crippen molar-refractivity contribution in [3.63, 3.8) is 0 Å². The van der Waals surface area contributed by atoms with Gasteiger partial charge in [-0.2, -0.15) is 0 Å². The van der Waals surface area contributed by atoms with Crippen molar-refractivity contribution in [2.45, 2.75) is 45.2 Å². The van der Waals surface area contributed by atoms with Gasteiger partial charge in [0.05, 0.1) is 38.6 Å². The van der Waals surface area contributed by atoms with Gasteiger partial charge in [0.2, 0.25) is 5.91 Å². The fraction of sp³-hybridized carbons (Fsp3) is 0.324. The molecule has 13 nitrogen and oxygen atoms in total. The number of hydrogen-bond donors (Lipinski definition) is 2. The molecule has 0 spiro atoms. The number of rotatable bonds is 16. The average molecular weight is 687 g/mol. The SMILES string of the molecule is CCOC(=O)[C@H](Cc1ccc(OC(=O)c2ccc(OC)cc2)c(OC(=O)c2ccc(OC)cc2)c1)NC(=O)CC[C@H](N)C(=O)OCC.Cl. The third kappa shape index (κ3) is 11.6. The van der Waals surface area contributed by atoms with Crippen LogP contribution in [0.4, 0.5) is 0 Å². The Kier molecular flexibility index (Phi) is 15.9. The summed E-state index contributed by atoms with van der Waals surface area (Å²) in [5.41, 5.74) is 6.64. The molecule has 0 saturated heterocycles. The molecule has 0 fully saturated rings. The van der Waals surface area contributed by atoms with E-state index < -0.39 is 41.9 Å². The van der Waals surface area contributed by atoms with E-state index >= 15 is 0 Å². The van der Waals surface area contributed by atoms with Gasteiger partial charge in [0.15, 0.2) is 11.5 Å². The molecule has 3 rings (SSSR count). The minimum absolute atomic E-state index is 0. The Morgan fingerprint density at radius 1 is 0.708 bits per heavy atom. The lowest BCUT2D eigenvalue weighted by Gasteiger charge is -2.19. The van der Waals surface area contributed by atoms with Gasteiger partial charge >= 0.3 is 23.9 Å². The van der Waals surface area contributed by atoms with E-state index in [0.717, 1.165) is 0 Å². The molecule has 3 aromatic rings. The Labute approximate surface area is 284 Å². The Hall–Kier alpha value is -5.14. The molecular weight excluding hydrogens is 648 g/mol. The predicted molar refractivity (Wildman–Crippen MR) is 176 cm³/mol. The molecule has 0 aromatic heterocycles. The number of nitrogens with one attached hydrogen (secondary N) is 1. The molecule has 0 radical (unpaired) electrons.